The van der Waals surface area contributed by atoms with Crippen molar-refractivity contribution in [1.82, 2.24) is 9.97 Å². The summed E-state index contributed by atoms with van der Waals surface area (Å²) in [7, 11) is 0. The van der Waals surface area contributed by atoms with Crippen LogP contribution >= 0.6 is 11.3 Å². The van der Waals surface area contributed by atoms with Crippen LogP contribution in [0.3, 0.4) is 0 Å². The Kier molecular flexibility index (Phi) is 4.41. The van der Waals surface area contributed by atoms with Gasteiger partial charge in [-0.1, -0.05) is 20.8 Å². The number of aliphatic carboxylic acids is 1. The molecule has 3 heterocycles. The number of fused-ring (bicyclic) bond motifs is 3. The molecule has 2 unspecified atom stereocenters. The Morgan fingerprint density at radius 3 is 2.85 bits per heavy atom. The third-order valence-corrected chi connectivity index (χ3v) is 7.28. The minimum atomic E-state index is -0.694. The minimum absolute atomic E-state index is 0.298. The van der Waals surface area contributed by atoms with Gasteiger partial charge in [-0.3, -0.25) is 4.79 Å². The molecule has 0 radical (unpaired) electrons. The molecule has 1 fully saturated rings. The molecule has 2 aliphatic rings. The van der Waals surface area contributed by atoms with Crippen LogP contribution in [0.4, 0.5) is 5.82 Å². The van der Waals surface area contributed by atoms with Crippen molar-refractivity contribution in [2.24, 2.45) is 17.3 Å². The predicted octanol–water partition coefficient (Wildman–Crippen LogP) is 4.14. The average molecular weight is 374 g/mol. The van der Waals surface area contributed by atoms with Crippen molar-refractivity contribution >= 4 is 33.3 Å². The zero-order valence-electron chi connectivity index (χ0n) is 15.8. The van der Waals surface area contributed by atoms with Crippen LogP contribution in [0.25, 0.3) is 10.2 Å². The van der Waals surface area contributed by atoms with Crippen LogP contribution < -0.4 is 4.90 Å². The minimum Gasteiger partial charge on any atom is -0.481 e. The van der Waals surface area contributed by atoms with Crippen LogP contribution in [0.2, 0.25) is 0 Å². The van der Waals surface area contributed by atoms with Crippen molar-refractivity contribution in [2.75, 3.05) is 18.0 Å². The van der Waals surface area contributed by atoms with Crippen molar-refractivity contribution in [1.29, 1.82) is 0 Å². The fourth-order valence-corrected chi connectivity index (χ4v) is 5.71. The van der Waals surface area contributed by atoms with Gasteiger partial charge < -0.3 is 10.0 Å². The number of carboxylic acids is 1. The summed E-state index contributed by atoms with van der Waals surface area (Å²) in [6, 6.07) is 0. The molecule has 2 aromatic heterocycles. The summed E-state index contributed by atoms with van der Waals surface area (Å²) in [5, 5.41) is 10.6. The lowest BCUT2D eigenvalue weighted by Gasteiger charge is -2.34. The summed E-state index contributed by atoms with van der Waals surface area (Å²) in [6.45, 7) is 8.44. The van der Waals surface area contributed by atoms with Gasteiger partial charge in [-0.25, -0.2) is 9.97 Å². The lowest BCUT2D eigenvalue weighted by atomic mass is 9.72. The van der Waals surface area contributed by atoms with Crippen molar-refractivity contribution < 1.29 is 9.90 Å². The molecule has 1 aliphatic carbocycles. The van der Waals surface area contributed by atoms with Gasteiger partial charge in [0.1, 0.15) is 17.0 Å². The second-order valence-electron chi connectivity index (χ2n) is 8.81. The highest BCUT2D eigenvalue weighted by molar-refractivity contribution is 7.19. The van der Waals surface area contributed by atoms with E-state index in [0.29, 0.717) is 17.9 Å². The molecule has 0 amide bonds. The Labute approximate surface area is 158 Å². The Morgan fingerprint density at radius 1 is 1.31 bits per heavy atom. The molecule has 5 nitrogen and oxygen atoms in total. The van der Waals surface area contributed by atoms with E-state index in [0.717, 1.165) is 42.9 Å². The molecule has 4 rings (SSSR count). The van der Waals surface area contributed by atoms with Gasteiger partial charge in [0.15, 0.2) is 0 Å². The highest BCUT2D eigenvalue weighted by Gasteiger charge is 2.33. The molecule has 6 heteroatoms. The van der Waals surface area contributed by atoms with Crippen LogP contribution in [-0.2, 0) is 17.6 Å². The first-order valence-electron chi connectivity index (χ1n) is 9.57. The highest BCUT2D eigenvalue weighted by Crippen LogP contribution is 2.45. The van der Waals surface area contributed by atoms with Crippen LogP contribution in [0, 0.1) is 17.3 Å². The number of aryl methyl sites for hydroxylation is 1. The monoisotopic (exact) mass is 373 g/mol. The smallest absolute Gasteiger partial charge is 0.308 e. The number of thiophene rings is 1. The fraction of sp³-hybridized carbons (Fsp3) is 0.650. The number of nitrogens with zero attached hydrogens (tertiary/aromatic N) is 3. The van der Waals surface area contributed by atoms with E-state index >= 15 is 0 Å². The number of hydrogen-bond donors (Lipinski definition) is 1. The standard InChI is InChI=1S/C20H27N3O2S/c1-20(2,3)13-6-7-14-15(9-13)26-18-16(14)17(21-11-22-18)23-8-4-5-12(10-23)19(24)25/h11-13H,4-10H2,1-3H3,(H,24,25). The van der Waals surface area contributed by atoms with E-state index in [4.69, 9.17) is 0 Å². The van der Waals surface area contributed by atoms with Crippen molar-refractivity contribution in [3.63, 3.8) is 0 Å². The third-order valence-electron chi connectivity index (χ3n) is 6.12. The molecule has 0 bridgehead atoms. The molecule has 1 N–H and O–H groups in total. The second-order valence-corrected chi connectivity index (χ2v) is 9.89. The summed E-state index contributed by atoms with van der Waals surface area (Å²) < 4.78 is 0. The average Bonchev–Trinajstić information content (AvgIpc) is 2.98. The van der Waals surface area contributed by atoms with Gasteiger partial charge in [0.25, 0.3) is 0 Å². The number of carbonyl (C=O) groups is 1. The van der Waals surface area contributed by atoms with Crippen molar-refractivity contribution in [3.8, 4) is 0 Å². The lowest BCUT2D eigenvalue weighted by molar-refractivity contribution is -0.141. The van der Waals surface area contributed by atoms with E-state index in [1.165, 1.54) is 22.2 Å². The van der Waals surface area contributed by atoms with Crippen LogP contribution in [0.1, 0.15) is 50.5 Å². The van der Waals surface area contributed by atoms with Crippen LogP contribution in [-0.4, -0.2) is 34.1 Å². The van der Waals surface area contributed by atoms with Gasteiger partial charge in [0.2, 0.25) is 0 Å². The number of rotatable bonds is 2. The zero-order chi connectivity index (χ0) is 18.5. The molecular formula is C20H27N3O2S. The molecule has 2 atom stereocenters. The van der Waals surface area contributed by atoms with E-state index in [9.17, 15) is 9.90 Å². The van der Waals surface area contributed by atoms with Gasteiger partial charge in [-0.05, 0) is 49.0 Å². The van der Waals surface area contributed by atoms with E-state index in [1.807, 2.05) is 11.3 Å². The molecule has 26 heavy (non-hydrogen) atoms. The lowest BCUT2D eigenvalue weighted by Crippen LogP contribution is -2.39. The Hall–Kier alpha value is -1.69. The number of anilines is 1. The van der Waals surface area contributed by atoms with E-state index < -0.39 is 5.97 Å². The largest absolute Gasteiger partial charge is 0.481 e. The zero-order valence-corrected chi connectivity index (χ0v) is 16.6. The van der Waals surface area contributed by atoms with Crippen molar-refractivity contribution in [3.05, 3.63) is 16.8 Å². The maximum atomic E-state index is 11.5. The van der Waals surface area contributed by atoms with Crippen LogP contribution in [0.15, 0.2) is 6.33 Å². The summed E-state index contributed by atoms with van der Waals surface area (Å²) in [4.78, 5) is 25.3. The maximum Gasteiger partial charge on any atom is 0.308 e. The van der Waals surface area contributed by atoms with Gasteiger partial charge in [0.05, 0.1) is 11.3 Å². The Bertz CT molecular complexity index is 839. The molecule has 140 valence electrons. The fourth-order valence-electron chi connectivity index (χ4n) is 4.44. The normalized spacial score (nSPS) is 23.9. The number of carboxylic acid groups (broad SMARTS) is 1. The first-order chi connectivity index (χ1) is 12.3. The molecule has 0 spiro atoms. The molecule has 0 saturated carbocycles. The molecule has 0 aromatic carbocycles. The summed E-state index contributed by atoms with van der Waals surface area (Å²) in [6.07, 6.45) is 6.71. The third kappa shape index (κ3) is 3.08. The number of aromatic nitrogens is 2. The van der Waals surface area contributed by atoms with Crippen LogP contribution in [0.5, 0.6) is 0 Å². The highest BCUT2D eigenvalue weighted by atomic mass is 32.1. The van der Waals surface area contributed by atoms with Crippen molar-refractivity contribution in [2.45, 2.75) is 52.9 Å². The summed E-state index contributed by atoms with van der Waals surface area (Å²) in [5.74, 6) is 0.660. The van der Waals surface area contributed by atoms with Gasteiger partial charge in [-0.2, -0.15) is 0 Å². The molecule has 1 aliphatic heterocycles. The first kappa shape index (κ1) is 17.7. The van der Waals surface area contributed by atoms with Gasteiger partial charge in [0, 0.05) is 18.0 Å². The van der Waals surface area contributed by atoms with E-state index in [2.05, 4.69) is 35.6 Å². The quantitative estimate of drug-likeness (QED) is 0.857. The SMILES string of the molecule is CC(C)(C)C1CCc2c(sc3ncnc(N4CCCC(C(=O)O)C4)c23)C1. The molecular weight excluding hydrogens is 346 g/mol. The van der Waals surface area contributed by atoms with E-state index in [-0.39, 0.29) is 5.92 Å². The second kappa shape index (κ2) is 6.48. The maximum absolute atomic E-state index is 11.5. The summed E-state index contributed by atoms with van der Waals surface area (Å²) >= 11 is 1.81. The number of piperidine rings is 1. The molecule has 1 saturated heterocycles. The topological polar surface area (TPSA) is 66.3 Å². The number of hydrogen-bond acceptors (Lipinski definition) is 5. The molecule has 2 aromatic rings. The Morgan fingerprint density at radius 2 is 2.12 bits per heavy atom. The van der Waals surface area contributed by atoms with Gasteiger partial charge in [-0.15, -0.1) is 11.3 Å². The predicted molar refractivity (Wildman–Crippen MR) is 105 cm³/mol. The summed E-state index contributed by atoms with van der Waals surface area (Å²) in [5.41, 5.74) is 1.74. The first-order valence-corrected chi connectivity index (χ1v) is 10.4. The van der Waals surface area contributed by atoms with Gasteiger partial charge >= 0.3 is 5.97 Å². The van der Waals surface area contributed by atoms with E-state index in [1.54, 1.807) is 6.33 Å². The Balaban J connectivity index is 1.72.